The summed E-state index contributed by atoms with van der Waals surface area (Å²) in [6.45, 7) is 7.08. The van der Waals surface area contributed by atoms with Crippen LogP contribution < -0.4 is 14.2 Å². The number of aryl methyl sites for hydroxylation is 1. The van der Waals surface area contributed by atoms with Crippen molar-refractivity contribution in [2.45, 2.75) is 27.2 Å². The van der Waals surface area contributed by atoms with Crippen molar-refractivity contribution in [2.24, 2.45) is 10.9 Å². The minimum atomic E-state index is 0.613. The average Bonchev–Trinajstić information content (AvgIpc) is 2.60. The van der Waals surface area contributed by atoms with Crippen molar-refractivity contribution in [1.29, 1.82) is 0 Å². The molecule has 2 rings (SSSR count). The smallest absolute Gasteiger partial charge is 0.161 e. The summed E-state index contributed by atoms with van der Waals surface area (Å²) in [6, 6.07) is 11.7. The highest BCUT2D eigenvalue weighted by atomic mass is 16.5. The third kappa shape index (κ3) is 5.52. The Hall–Kier alpha value is -2.49. The Morgan fingerprint density at radius 1 is 0.960 bits per heavy atom. The van der Waals surface area contributed by atoms with Crippen LogP contribution in [-0.2, 0) is 0 Å². The van der Waals surface area contributed by atoms with Gasteiger partial charge in [-0.1, -0.05) is 19.9 Å². The molecule has 0 N–H and O–H groups in total. The summed E-state index contributed by atoms with van der Waals surface area (Å²) < 4.78 is 16.6. The molecular formula is C21H27NO3. The van der Waals surface area contributed by atoms with Crippen LogP contribution in [0, 0.1) is 12.8 Å². The lowest BCUT2D eigenvalue weighted by Gasteiger charge is -2.12. The van der Waals surface area contributed by atoms with Gasteiger partial charge in [0.15, 0.2) is 11.5 Å². The van der Waals surface area contributed by atoms with Gasteiger partial charge in [-0.05, 0) is 60.7 Å². The first-order chi connectivity index (χ1) is 12.0. The first-order valence-corrected chi connectivity index (χ1v) is 8.53. The first-order valence-electron chi connectivity index (χ1n) is 8.53. The van der Waals surface area contributed by atoms with Gasteiger partial charge in [0.1, 0.15) is 11.4 Å². The molecule has 0 fully saturated rings. The van der Waals surface area contributed by atoms with E-state index in [-0.39, 0.29) is 0 Å². The Balaban J connectivity index is 2.16. The molecule has 0 aliphatic rings. The van der Waals surface area contributed by atoms with Gasteiger partial charge in [-0.2, -0.15) is 0 Å². The van der Waals surface area contributed by atoms with Crippen LogP contribution in [0.25, 0.3) is 0 Å². The fourth-order valence-corrected chi connectivity index (χ4v) is 2.33. The number of ether oxygens (including phenoxy) is 3. The predicted octanol–water partition coefficient (Wildman–Crippen LogP) is 5.19. The summed E-state index contributed by atoms with van der Waals surface area (Å²) in [7, 11) is 3.30. The van der Waals surface area contributed by atoms with Crippen molar-refractivity contribution in [1.82, 2.24) is 0 Å². The normalized spacial score (nSPS) is 11.1. The fraction of sp³-hybridized carbons (Fsp3) is 0.381. The van der Waals surface area contributed by atoms with Crippen molar-refractivity contribution in [3.63, 3.8) is 0 Å². The van der Waals surface area contributed by atoms with E-state index in [4.69, 9.17) is 14.2 Å². The molecule has 0 saturated carbocycles. The minimum Gasteiger partial charge on any atom is -0.494 e. The van der Waals surface area contributed by atoms with E-state index in [0.717, 1.165) is 34.7 Å². The number of benzene rings is 2. The fourth-order valence-electron chi connectivity index (χ4n) is 2.33. The van der Waals surface area contributed by atoms with Gasteiger partial charge in [0, 0.05) is 6.21 Å². The van der Waals surface area contributed by atoms with E-state index in [1.54, 1.807) is 20.4 Å². The van der Waals surface area contributed by atoms with Crippen LogP contribution in [0.2, 0.25) is 0 Å². The largest absolute Gasteiger partial charge is 0.494 e. The second-order valence-electron chi connectivity index (χ2n) is 6.37. The van der Waals surface area contributed by atoms with E-state index >= 15 is 0 Å². The van der Waals surface area contributed by atoms with Crippen molar-refractivity contribution in [2.75, 3.05) is 20.8 Å². The molecule has 0 amide bonds. The molecule has 0 radical (unpaired) electrons. The van der Waals surface area contributed by atoms with E-state index < -0.39 is 0 Å². The molecule has 0 aliphatic heterocycles. The Morgan fingerprint density at radius 3 is 2.36 bits per heavy atom. The molecule has 25 heavy (non-hydrogen) atoms. The second-order valence-corrected chi connectivity index (χ2v) is 6.37. The van der Waals surface area contributed by atoms with Crippen molar-refractivity contribution < 1.29 is 14.2 Å². The molecule has 0 aliphatic carbocycles. The summed E-state index contributed by atoms with van der Waals surface area (Å²) >= 11 is 0. The summed E-state index contributed by atoms with van der Waals surface area (Å²) in [5, 5.41) is 0. The van der Waals surface area contributed by atoms with Crippen molar-refractivity contribution in [3.05, 3.63) is 47.5 Å². The number of methoxy groups -OCH3 is 2. The third-order valence-corrected chi connectivity index (χ3v) is 3.83. The van der Waals surface area contributed by atoms with E-state index in [1.807, 2.05) is 43.3 Å². The van der Waals surface area contributed by atoms with Gasteiger partial charge >= 0.3 is 0 Å². The number of nitrogens with zero attached hydrogens (tertiary/aromatic N) is 1. The van der Waals surface area contributed by atoms with Gasteiger partial charge in [0.05, 0.1) is 20.8 Å². The third-order valence-electron chi connectivity index (χ3n) is 3.83. The molecule has 0 saturated heterocycles. The van der Waals surface area contributed by atoms with Gasteiger partial charge < -0.3 is 14.2 Å². The number of rotatable bonds is 8. The molecule has 4 nitrogen and oxygen atoms in total. The Labute approximate surface area is 150 Å². The minimum absolute atomic E-state index is 0.613. The molecule has 4 heteroatoms. The molecule has 0 spiro atoms. The molecule has 2 aromatic rings. The average molecular weight is 341 g/mol. The Morgan fingerprint density at radius 2 is 1.68 bits per heavy atom. The zero-order valence-electron chi connectivity index (χ0n) is 15.7. The lowest BCUT2D eigenvalue weighted by atomic mass is 10.1. The lowest BCUT2D eigenvalue weighted by Crippen LogP contribution is -2.03. The molecular weight excluding hydrogens is 314 g/mol. The van der Waals surface area contributed by atoms with Crippen LogP contribution in [0.15, 0.2) is 41.4 Å². The predicted molar refractivity (Wildman–Crippen MR) is 103 cm³/mol. The van der Waals surface area contributed by atoms with E-state index in [2.05, 4.69) is 18.8 Å². The Kier molecular flexibility index (Phi) is 6.87. The zero-order chi connectivity index (χ0) is 18.2. The monoisotopic (exact) mass is 341 g/mol. The maximum absolute atomic E-state index is 5.82. The summed E-state index contributed by atoms with van der Waals surface area (Å²) in [5.41, 5.74) is 2.88. The van der Waals surface area contributed by atoms with Crippen LogP contribution in [0.5, 0.6) is 17.2 Å². The standard InChI is InChI=1S/C21H27NO3/c1-15(2)10-11-25-20-9-7-17(13-21(20)24-5)14-22-18-12-16(3)6-8-19(18)23-4/h6-9,12-15H,10-11H2,1-5H3. The number of aliphatic imine (C=N–C) groups is 1. The van der Waals surface area contributed by atoms with Gasteiger partial charge in [-0.25, -0.2) is 0 Å². The number of hydrogen-bond donors (Lipinski definition) is 0. The van der Waals surface area contributed by atoms with Crippen LogP contribution in [0.1, 0.15) is 31.4 Å². The first kappa shape index (κ1) is 18.8. The summed E-state index contributed by atoms with van der Waals surface area (Å²) in [5.74, 6) is 2.83. The lowest BCUT2D eigenvalue weighted by molar-refractivity contribution is 0.273. The van der Waals surface area contributed by atoms with Gasteiger partial charge in [0.25, 0.3) is 0 Å². The van der Waals surface area contributed by atoms with Crippen molar-refractivity contribution in [3.8, 4) is 17.2 Å². The van der Waals surface area contributed by atoms with Gasteiger partial charge in [-0.15, -0.1) is 0 Å². The highest BCUT2D eigenvalue weighted by Gasteiger charge is 2.06. The zero-order valence-corrected chi connectivity index (χ0v) is 15.7. The van der Waals surface area contributed by atoms with Crippen LogP contribution in [-0.4, -0.2) is 27.0 Å². The maximum Gasteiger partial charge on any atom is 0.161 e. The molecule has 0 bridgehead atoms. The SMILES string of the molecule is COc1ccc(C)cc1N=Cc1ccc(OCCC(C)C)c(OC)c1. The van der Waals surface area contributed by atoms with Crippen LogP contribution in [0.3, 0.4) is 0 Å². The van der Waals surface area contributed by atoms with Gasteiger partial charge in [-0.3, -0.25) is 4.99 Å². The van der Waals surface area contributed by atoms with Crippen LogP contribution in [0.4, 0.5) is 5.69 Å². The highest BCUT2D eigenvalue weighted by molar-refractivity contribution is 5.84. The Bertz CT molecular complexity index is 723. The molecule has 0 aromatic heterocycles. The maximum atomic E-state index is 5.82. The highest BCUT2D eigenvalue weighted by Crippen LogP contribution is 2.30. The number of hydrogen-bond acceptors (Lipinski definition) is 4. The summed E-state index contributed by atoms with van der Waals surface area (Å²) in [6.07, 6.45) is 2.82. The molecule has 0 heterocycles. The molecule has 134 valence electrons. The van der Waals surface area contributed by atoms with Crippen molar-refractivity contribution >= 4 is 11.9 Å². The van der Waals surface area contributed by atoms with E-state index in [1.165, 1.54) is 0 Å². The molecule has 0 atom stereocenters. The second kappa shape index (κ2) is 9.11. The topological polar surface area (TPSA) is 40.0 Å². The summed E-state index contributed by atoms with van der Waals surface area (Å²) in [4.78, 5) is 4.55. The molecule has 0 unspecified atom stereocenters. The van der Waals surface area contributed by atoms with Crippen LogP contribution >= 0.6 is 0 Å². The molecule has 2 aromatic carbocycles. The van der Waals surface area contributed by atoms with E-state index in [9.17, 15) is 0 Å². The quantitative estimate of drug-likeness (QED) is 0.621. The van der Waals surface area contributed by atoms with Gasteiger partial charge in [0.2, 0.25) is 0 Å². The van der Waals surface area contributed by atoms with E-state index in [0.29, 0.717) is 18.3 Å².